The van der Waals surface area contributed by atoms with Crippen molar-refractivity contribution in [1.82, 2.24) is 0 Å². The van der Waals surface area contributed by atoms with Gasteiger partial charge >= 0.3 is 11.9 Å². The molecule has 1 atom stereocenters. The van der Waals surface area contributed by atoms with E-state index in [1.54, 1.807) is 0 Å². The minimum absolute atomic E-state index is 0.0447. The number of esters is 1. The van der Waals surface area contributed by atoms with E-state index in [1.165, 1.54) is 116 Å². The molecule has 0 saturated carbocycles. The number of carbonyl (C=O) groups is 2. The number of benzene rings is 2. The average molecular weight is 970 g/mol. The van der Waals surface area contributed by atoms with Crippen LogP contribution in [0.3, 0.4) is 0 Å². The fourth-order valence-electron chi connectivity index (χ4n) is 9.17. The van der Waals surface area contributed by atoms with Crippen LogP contribution in [0, 0.1) is 5.92 Å². The number of aromatic hydroxyl groups is 2. The van der Waals surface area contributed by atoms with Gasteiger partial charge in [0.05, 0.1) is 4.58 Å². The summed E-state index contributed by atoms with van der Waals surface area (Å²) < 4.78 is 6.10. The minimum atomic E-state index is -1.42. The number of phenols is 2. The number of ether oxygens (including phenoxy) is 1. The standard InChI is InChI=1S/C59H100O6S2/c1-15-17-19-21-23-25-27-29-31-33-35-66-50(67-36-34-32-30-28-26-24-22-20-18-16-2)42-65-55(64)46(54(62)63)40-44-41-49(58(9,10)11)53(61)51(59(12,13)14)45(44)37-43-38-47(56(3,4)5)52(60)48(39-43)57(6,7)8/h38-39,41,46,50,60-61H,15-37,40,42H2,1-14H3,(H,62,63). The molecule has 2 aromatic rings. The lowest BCUT2D eigenvalue weighted by Gasteiger charge is -2.33. The third-order valence-corrected chi connectivity index (χ3v) is 16.1. The zero-order valence-corrected chi connectivity index (χ0v) is 47.1. The Hall–Kier alpha value is -2.32. The maximum Gasteiger partial charge on any atom is 0.320 e. The van der Waals surface area contributed by atoms with Gasteiger partial charge in [0, 0.05) is 5.56 Å². The van der Waals surface area contributed by atoms with Crippen molar-refractivity contribution in [3.63, 3.8) is 0 Å². The van der Waals surface area contributed by atoms with Gasteiger partial charge in [0.2, 0.25) is 0 Å². The molecule has 384 valence electrons. The highest BCUT2D eigenvalue weighted by Crippen LogP contribution is 2.46. The van der Waals surface area contributed by atoms with Gasteiger partial charge in [0.25, 0.3) is 0 Å². The lowest BCUT2D eigenvalue weighted by atomic mass is 9.72. The number of carboxylic acids is 1. The minimum Gasteiger partial charge on any atom is -0.507 e. The topological polar surface area (TPSA) is 104 Å². The van der Waals surface area contributed by atoms with Crippen LogP contribution in [-0.4, -0.2) is 50.0 Å². The summed E-state index contributed by atoms with van der Waals surface area (Å²) in [7, 11) is 0. The molecule has 0 saturated heterocycles. The van der Waals surface area contributed by atoms with Gasteiger partial charge in [-0.05, 0) is 92.2 Å². The molecule has 67 heavy (non-hydrogen) atoms. The van der Waals surface area contributed by atoms with Gasteiger partial charge in [-0.3, -0.25) is 9.59 Å². The molecular weight excluding hydrogens is 869 g/mol. The summed E-state index contributed by atoms with van der Waals surface area (Å²) in [6.45, 7) is 29.6. The van der Waals surface area contributed by atoms with Crippen molar-refractivity contribution in [2.45, 2.75) is 264 Å². The van der Waals surface area contributed by atoms with E-state index in [9.17, 15) is 24.9 Å². The number of phenolic OH excluding ortho intramolecular Hbond substituents is 2. The summed E-state index contributed by atoms with van der Waals surface area (Å²) in [4.78, 5) is 27.4. The quantitative estimate of drug-likeness (QED) is 0.0288. The van der Waals surface area contributed by atoms with Crippen LogP contribution in [0.4, 0.5) is 0 Å². The summed E-state index contributed by atoms with van der Waals surface area (Å²) in [5, 5.41) is 34.5. The van der Waals surface area contributed by atoms with Crippen LogP contribution in [0.15, 0.2) is 18.2 Å². The van der Waals surface area contributed by atoms with Gasteiger partial charge in [-0.2, -0.15) is 0 Å². The Morgan fingerprint density at radius 3 is 1.27 bits per heavy atom. The molecule has 1 unspecified atom stereocenters. The number of hydrogen-bond donors (Lipinski definition) is 3. The van der Waals surface area contributed by atoms with Gasteiger partial charge in [-0.15, -0.1) is 23.5 Å². The van der Waals surface area contributed by atoms with E-state index in [4.69, 9.17) is 4.74 Å². The molecule has 0 radical (unpaired) electrons. The molecule has 2 rings (SSSR count). The predicted molar refractivity (Wildman–Crippen MR) is 292 cm³/mol. The first-order valence-electron chi connectivity index (χ1n) is 26.7. The smallest absolute Gasteiger partial charge is 0.320 e. The number of carboxylic acid groups (broad SMARTS) is 1. The Kier molecular flexibility index (Phi) is 27.0. The van der Waals surface area contributed by atoms with E-state index in [0.29, 0.717) is 12.2 Å². The third-order valence-electron chi connectivity index (χ3n) is 13.2. The Morgan fingerprint density at radius 1 is 0.537 bits per heavy atom. The van der Waals surface area contributed by atoms with Crippen LogP contribution >= 0.6 is 23.5 Å². The van der Waals surface area contributed by atoms with Crippen molar-refractivity contribution in [2.24, 2.45) is 5.92 Å². The van der Waals surface area contributed by atoms with Gasteiger partial charge in [0.15, 0.2) is 5.92 Å². The van der Waals surface area contributed by atoms with Crippen LogP contribution in [0.1, 0.15) is 264 Å². The molecule has 0 fully saturated rings. The second-order valence-electron chi connectivity index (χ2n) is 23.8. The fraction of sp³-hybridized carbons (Fsp3) is 0.763. The van der Waals surface area contributed by atoms with E-state index < -0.39 is 28.7 Å². The van der Waals surface area contributed by atoms with Crippen molar-refractivity contribution in [3.05, 3.63) is 57.1 Å². The summed E-state index contributed by atoms with van der Waals surface area (Å²) in [5.74, 6) is -0.833. The van der Waals surface area contributed by atoms with Crippen molar-refractivity contribution in [1.29, 1.82) is 0 Å². The van der Waals surface area contributed by atoms with E-state index in [2.05, 4.69) is 88.3 Å². The normalized spacial score (nSPS) is 13.1. The zero-order valence-electron chi connectivity index (χ0n) is 45.4. The number of thioether (sulfide) groups is 2. The molecule has 0 amide bonds. The lowest BCUT2D eigenvalue weighted by molar-refractivity contribution is -0.158. The van der Waals surface area contributed by atoms with Crippen molar-refractivity contribution < 1.29 is 29.6 Å². The van der Waals surface area contributed by atoms with E-state index in [1.807, 2.05) is 50.4 Å². The van der Waals surface area contributed by atoms with Crippen LogP contribution < -0.4 is 0 Å². The summed E-state index contributed by atoms with van der Waals surface area (Å²) in [6.07, 6.45) is 26.1. The molecule has 0 aromatic heterocycles. The van der Waals surface area contributed by atoms with E-state index >= 15 is 0 Å². The summed E-state index contributed by atoms with van der Waals surface area (Å²) >= 11 is 3.72. The molecular formula is C59H100O6S2. The first-order valence-corrected chi connectivity index (χ1v) is 28.8. The maximum atomic E-state index is 14.2. The first-order chi connectivity index (χ1) is 31.3. The number of carbonyl (C=O) groups excluding carboxylic acids is 1. The first kappa shape index (κ1) is 60.8. The second-order valence-corrected chi connectivity index (χ2v) is 26.7. The van der Waals surface area contributed by atoms with Crippen LogP contribution in [0.25, 0.3) is 0 Å². The SMILES string of the molecule is CCCCCCCCCCCCSC(COC(=O)C(Cc1cc(C(C)(C)C)c(O)c(C(C)(C)C)c1Cc1cc(C(C)(C)C)c(O)c(C(C)(C)C)c1)C(=O)O)SCCCCCCCCCCCC. The van der Waals surface area contributed by atoms with Crippen molar-refractivity contribution >= 4 is 35.5 Å². The van der Waals surface area contributed by atoms with Gasteiger partial charge < -0.3 is 20.1 Å². The Morgan fingerprint density at radius 2 is 0.910 bits per heavy atom. The van der Waals surface area contributed by atoms with Crippen molar-refractivity contribution in [2.75, 3.05) is 18.1 Å². The number of unbranched alkanes of at least 4 members (excludes halogenated alkanes) is 18. The lowest BCUT2D eigenvalue weighted by Crippen LogP contribution is -2.31. The Labute approximate surface area is 420 Å². The van der Waals surface area contributed by atoms with Crippen LogP contribution in [-0.2, 0) is 48.8 Å². The second kappa shape index (κ2) is 29.8. The van der Waals surface area contributed by atoms with E-state index in [0.717, 1.165) is 63.3 Å². The van der Waals surface area contributed by atoms with Crippen LogP contribution in [0.2, 0.25) is 0 Å². The predicted octanol–water partition coefficient (Wildman–Crippen LogP) is 17.3. The van der Waals surface area contributed by atoms with Gasteiger partial charge in [-0.1, -0.05) is 231 Å². The highest BCUT2D eigenvalue weighted by molar-refractivity contribution is 8.17. The fourth-order valence-corrected chi connectivity index (χ4v) is 11.7. The Balaban J connectivity index is 2.40. The Bertz CT molecular complexity index is 1690. The molecule has 0 aliphatic carbocycles. The number of hydrogen-bond acceptors (Lipinski definition) is 7. The summed E-state index contributed by atoms with van der Waals surface area (Å²) in [5.41, 5.74) is 3.97. The number of aliphatic carboxylic acids is 1. The largest absolute Gasteiger partial charge is 0.507 e. The molecule has 3 N–H and O–H groups in total. The number of rotatable bonds is 32. The third kappa shape index (κ3) is 22.1. The average Bonchev–Trinajstić information content (AvgIpc) is 3.21. The zero-order chi connectivity index (χ0) is 50.4. The van der Waals surface area contributed by atoms with Gasteiger partial charge in [0.1, 0.15) is 18.1 Å². The molecule has 0 spiro atoms. The monoisotopic (exact) mass is 969 g/mol. The molecule has 8 heteroatoms. The molecule has 2 aromatic carbocycles. The highest BCUT2D eigenvalue weighted by Gasteiger charge is 2.36. The maximum absolute atomic E-state index is 14.2. The van der Waals surface area contributed by atoms with Crippen molar-refractivity contribution in [3.8, 4) is 11.5 Å². The molecule has 0 heterocycles. The summed E-state index contributed by atoms with van der Waals surface area (Å²) in [6, 6.07) is 6.05. The molecule has 0 aliphatic heterocycles. The molecule has 6 nitrogen and oxygen atoms in total. The molecule has 0 bridgehead atoms. The van der Waals surface area contributed by atoms with E-state index in [-0.39, 0.29) is 34.2 Å². The highest BCUT2D eigenvalue weighted by atomic mass is 32.2. The van der Waals surface area contributed by atoms with Gasteiger partial charge in [-0.25, -0.2) is 0 Å². The van der Waals surface area contributed by atoms with Crippen LogP contribution in [0.5, 0.6) is 11.5 Å². The molecule has 0 aliphatic rings.